The van der Waals surface area contributed by atoms with E-state index in [9.17, 15) is 19.0 Å². The second-order valence-corrected chi connectivity index (χ2v) is 28.0. The molecule has 0 saturated carbocycles. The zero-order valence-electron chi connectivity index (χ0n) is 62.3. The van der Waals surface area contributed by atoms with Gasteiger partial charge in [0, 0.05) is 12.8 Å². The number of ether oxygens (including phenoxy) is 2. The minimum atomic E-state index is -4.66. The summed E-state index contributed by atoms with van der Waals surface area (Å²) in [5.74, 6) is -0.838. The Hall–Kier alpha value is -4.63. The highest BCUT2D eigenvalue weighted by atomic mass is 31.2. The van der Waals surface area contributed by atoms with Crippen LogP contribution >= 0.6 is 7.82 Å². The van der Waals surface area contributed by atoms with E-state index in [1.165, 1.54) is 141 Å². The molecule has 0 radical (unpaired) electrons. The van der Waals surface area contributed by atoms with Gasteiger partial charge in [-0.25, -0.2) is 0 Å². The molecule has 0 bridgehead atoms. The van der Waals surface area contributed by atoms with Crippen LogP contribution in [0.3, 0.4) is 0 Å². The van der Waals surface area contributed by atoms with E-state index < -0.39 is 26.5 Å². The van der Waals surface area contributed by atoms with Crippen LogP contribution in [0.5, 0.6) is 0 Å². The standard InChI is InChI=1S/C86H144NO8P/c1-6-8-10-12-14-16-18-20-22-24-26-28-30-32-34-36-38-40-42-43-45-46-48-50-52-54-56-58-60-62-64-66-68-70-72-74-76-78-85(88)92-82-84(83-94-96(90,91)93-81-80-87(3,4)5)95-86(89)79-77-75-73-71-69-67-65-63-61-59-57-55-53-51-49-47-44-41-39-37-35-33-31-29-27-25-23-21-19-17-15-13-11-9-7-2/h8-11,14-17,20-23,26-29,32-35,38-41,47,49,53,55,84H,6-7,12-13,18-19,24-25,30-31,36-37,42-46,48,50-52,54,56-83H2,1-5H3/b10-8-,11-9-,16-14-,17-15-,22-20-,23-21-,28-26-,29-27-,34-32-,35-33-,40-38-,41-39-,49-47-,55-53-. The van der Waals surface area contributed by atoms with E-state index in [4.69, 9.17) is 18.5 Å². The zero-order valence-corrected chi connectivity index (χ0v) is 63.2. The second-order valence-electron chi connectivity index (χ2n) is 26.6. The van der Waals surface area contributed by atoms with E-state index in [0.29, 0.717) is 17.4 Å². The molecule has 0 fully saturated rings. The Balaban J connectivity index is 4.04. The number of quaternary nitrogens is 1. The third-order valence-corrected chi connectivity index (χ3v) is 17.2. The largest absolute Gasteiger partial charge is 0.756 e. The number of allylic oxidation sites excluding steroid dienone is 28. The SMILES string of the molecule is CC/C=C\C/C=C\C/C=C\C/C=C\C/C=C\C/C=C\C/C=C\C/C=C\CCCCCCCCCCCCC(=O)OC(COC(=O)CCCCCCCCCCCCCCCCCCCC/C=C\C/C=C\C/C=C\C/C=C\C/C=C\C/C=C\CC)COP(=O)([O-])OCC[N+](C)(C)C. The van der Waals surface area contributed by atoms with Gasteiger partial charge >= 0.3 is 11.9 Å². The molecule has 10 heteroatoms. The lowest BCUT2D eigenvalue weighted by molar-refractivity contribution is -0.870. The highest BCUT2D eigenvalue weighted by Gasteiger charge is 2.22. The fourth-order valence-corrected chi connectivity index (χ4v) is 11.1. The van der Waals surface area contributed by atoms with Gasteiger partial charge in [0.1, 0.15) is 19.8 Å². The lowest BCUT2D eigenvalue weighted by Gasteiger charge is -2.28. The van der Waals surface area contributed by atoms with Crippen LogP contribution in [-0.2, 0) is 32.7 Å². The Bertz CT molecular complexity index is 2230. The number of hydrogen-bond donors (Lipinski definition) is 0. The van der Waals surface area contributed by atoms with Crippen molar-refractivity contribution in [3.05, 3.63) is 170 Å². The van der Waals surface area contributed by atoms with Crippen molar-refractivity contribution in [2.45, 2.75) is 315 Å². The molecule has 0 aromatic heterocycles. The third kappa shape index (κ3) is 78.4. The van der Waals surface area contributed by atoms with Crippen molar-refractivity contribution in [1.29, 1.82) is 0 Å². The van der Waals surface area contributed by atoms with Crippen molar-refractivity contribution in [2.75, 3.05) is 47.5 Å². The molecule has 2 unspecified atom stereocenters. The number of hydrogen-bond acceptors (Lipinski definition) is 8. The number of likely N-dealkylation sites (N-methyl/N-ethyl adjacent to an activating group) is 1. The van der Waals surface area contributed by atoms with Crippen molar-refractivity contribution in [3.8, 4) is 0 Å². The van der Waals surface area contributed by atoms with Gasteiger partial charge in [-0.05, 0) is 128 Å². The summed E-state index contributed by atoms with van der Waals surface area (Å²) in [7, 11) is 1.15. The number of carbonyl (C=O) groups excluding carboxylic acids is 2. The van der Waals surface area contributed by atoms with Crippen LogP contribution < -0.4 is 4.89 Å². The third-order valence-electron chi connectivity index (χ3n) is 16.2. The molecule has 0 spiro atoms. The van der Waals surface area contributed by atoms with E-state index in [1.807, 2.05) is 21.1 Å². The Labute approximate surface area is 591 Å². The van der Waals surface area contributed by atoms with Gasteiger partial charge in [-0.3, -0.25) is 14.2 Å². The van der Waals surface area contributed by atoms with Crippen LogP contribution in [0.15, 0.2) is 170 Å². The molecule has 0 rings (SSSR count). The first-order chi connectivity index (χ1) is 47.0. The van der Waals surface area contributed by atoms with Crippen LogP contribution in [0.2, 0.25) is 0 Å². The number of phosphoric acid groups is 1. The molecule has 2 atom stereocenters. The maximum Gasteiger partial charge on any atom is 0.306 e. The summed E-state index contributed by atoms with van der Waals surface area (Å²) >= 11 is 0. The van der Waals surface area contributed by atoms with Crippen molar-refractivity contribution in [1.82, 2.24) is 0 Å². The molecule has 0 aliphatic carbocycles. The van der Waals surface area contributed by atoms with Crippen molar-refractivity contribution in [3.63, 3.8) is 0 Å². The molecular formula is C86H144NO8P. The number of esters is 2. The minimum Gasteiger partial charge on any atom is -0.756 e. The van der Waals surface area contributed by atoms with E-state index in [0.717, 1.165) is 135 Å². The number of nitrogens with zero attached hydrogens (tertiary/aromatic N) is 1. The molecule has 0 aromatic rings. The fraction of sp³-hybridized carbons (Fsp3) is 0.651. The lowest BCUT2D eigenvalue weighted by atomic mass is 10.0. The lowest BCUT2D eigenvalue weighted by Crippen LogP contribution is -2.37. The molecule has 0 aliphatic rings. The first-order valence-corrected chi connectivity index (χ1v) is 40.3. The topological polar surface area (TPSA) is 111 Å². The Morgan fingerprint density at radius 2 is 0.562 bits per heavy atom. The smallest absolute Gasteiger partial charge is 0.306 e. The van der Waals surface area contributed by atoms with Gasteiger partial charge in [0.2, 0.25) is 0 Å². The first kappa shape index (κ1) is 91.4. The van der Waals surface area contributed by atoms with Crippen LogP contribution in [0.4, 0.5) is 0 Å². The van der Waals surface area contributed by atoms with E-state index >= 15 is 0 Å². The van der Waals surface area contributed by atoms with Crippen LogP contribution in [0.1, 0.15) is 309 Å². The van der Waals surface area contributed by atoms with Gasteiger partial charge in [0.15, 0.2) is 6.10 Å². The maximum atomic E-state index is 12.9. The quantitative estimate of drug-likeness (QED) is 0.0195. The molecule has 96 heavy (non-hydrogen) atoms. The van der Waals surface area contributed by atoms with Gasteiger partial charge in [-0.15, -0.1) is 0 Å². The zero-order chi connectivity index (χ0) is 69.7. The number of rotatable bonds is 70. The molecule has 0 saturated heterocycles. The number of unbranched alkanes of at least 4 members (excludes halogenated alkanes) is 28. The Morgan fingerprint density at radius 3 is 0.833 bits per heavy atom. The number of carbonyl (C=O) groups is 2. The van der Waals surface area contributed by atoms with Crippen molar-refractivity contribution >= 4 is 19.8 Å². The molecule has 9 nitrogen and oxygen atoms in total. The molecule has 0 aliphatic heterocycles. The van der Waals surface area contributed by atoms with E-state index in [1.54, 1.807) is 0 Å². The molecule has 546 valence electrons. The van der Waals surface area contributed by atoms with Crippen LogP contribution in [0.25, 0.3) is 0 Å². The minimum absolute atomic E-state index is 0.0380. The van der Waals surface area contributed by atoms with Gasteiger partial charge in [0.25, 0.3) is 7.82 Å². The van der Waals surface area contributed by atoms with Crippen molar-refractivity contribution < 1.29 is 42.1 Å². The van der Waals surface area contributed by atoms with Crippen LogP contribution in [-0.4, -0.2) is 70.0 Å². The molecule has 0 heterocycles. The monoisotopic (exact) mass is 1350 g/mol. The highest BCUT2D eigenvalue weighted by molar-refractivity contribution is 7.45. The summed E-state index contributed by atoms with van der Waals surface area (Å²) in [4.78, 5) is 38.2. The van der Waals surface area contributed by atoms with Crippen LogP contribution in [0, 0.1) is 0 Å². The maximum absolute atomic E-state index is 12.9. The second kappa shape index (κ2) is 74.6. The summed E-state index contributed by atoms with van der Waals surface area (Å²) in [6.45, 7) is 4.02. The molecule has 0 amide bonds. The van der Waals surface area contributed by atoms with E-state index in [2.05, 4.69) is 184 Å². The molecule has 0 aromatic carbocycles. The summed E-state index contributed by atoms with van der Waals surface area (Å²) in [6, 6.07) is 0. The summed E-state index contributed by atoms with van der Waals surface area (Å²) in [5.41, 5.74) is 0. The highest BCUT2D eigenvalue weighted by Crippen LogP contribution is 2.38. The Kier molecular flexibility index (Phi) is 71.0. The summed E-state index contributed by atoms with van der Waals surface area (Å²) in [6.07, 6.45) is 113. The first-order valence-electron chi connectivity index (χ1n) is 38.8. The van der Waals surface area contributed by atoms with Gasteiger partial charge in [-0.2, -0.15) is 0 Å². The summed E-state index contributed by atoms with van der Waals surface area (Å²) < 4.78 is 34.4. The molecule has 0 N–H and O–H groups in total. The fourth-order valence-electron chi connectivity index (χ4n) is 10.4. The normalized spacial score (nSPS) is 14.0. The Morgan fingerprint density at radius 1 is 0.323 bits per heavy atom. The van der Waals surface area contributed by atoms with Gasteiger partial charge < -0.3 is 27.9 Å². The van der Waals surface area contributed by atoms with Gasteiger partial charge in [-0.1, -0.05) is 338 Å². The number of phosphoric ester groups is 1. The average Bonchev–Trinajstić information content (AvgIpc) is 2.74. The molecular weight excluding hydrogens is 1210 g/mol. The van der Waals surface area contributed by atoms with Crippen molar-refractivity contribution in [2.24, 2.45) is 0 Å². The van der Waals surface area contributed by atoms with E-state index in [-0.39, 0.29) is 32.0 Å². The predicted octanol–water partition coefficient (Wildman–Crippen LogP) is 25.4. The predicted molar refractivity (Wildman–Crippen MR) is 415 cm³/mol. The average molecular weight is 1350 g/mol. The van der Waals surface area contributed by atoms with Gasteiger partial charge in [0.05, 0.1) is 27.7 Å². The summed E-state index contributed by atoms with van der Waals surface area (Å²) in [5, 5.41) is 0.